The molecule has 0 saturated carbocycles. The summed E-state index contributed by atoms with van der Waals surface area (Å²) in [6.07, 6.45) is 51.1. The maximum absolute atomic E-state index is 12.7. The van der Waals surface area contributed by atoms with Gasteiger partial charge in [0.05, 0.1) is 0 Å². The van der Waals surface area contributed by atoms with Crippen LogP contribution in [0.4, 0.5) is 0 Å². The van der Waals surface area contributed by atoms with Crippen LogP contribution in [0, 0.1) is 0 Å². The molecule has 0 heterocycles. The monoisotopic (exact) mass is 771 g/mol. The highest BCUT2D eigenvalue weighted by Gasteiger charge is 2.19. The van der Waals surface area contributed by atoms with E-state index in [9.17, 15) is 14.4 Å². The van der Waals surface area contributed by atoms with Gasteiger partial charge in [-0.1, -0.05) is 211 Å². The molecule has 0 fully saturated rings. The second kappa shape index (κ2) is 44.1. The van der Waals surface area contributed by atoms with Crippen molar-refractivity contribution in [2.75, 3.05) is 13.2 Å². The number of carbonyl (C=O) groups is 3. The molecule has 0 aromatic rings. The van der Waals surface area contributed by atoms with Crippen molar-refractivity contribution in [3.63, 3.8) is 0 Å². The molecule has 0 aliphatic rings. The number of allylic oxidation sites excluding steroid dienone is 8. The van der Waals surface area contributed by atoms with Crippen LogP contribution in [0.3, 0.4) is 0 Å². The number of hydrogen-bond donors (Lipinski definition) is 0. The van der Waals surface area contributed by atoms with Crippen molar-refractivity contribution in [2.45, 2.75) is 232 Å². The maximum Gasteiger partial charge on any atom is 0.306 e. The Hall–Kier alpha value is -2.63. The summed E-state index contributed by atoms with van der Waals surface area (Å²) in [4.78, 5) is 37.7. The molecule has 0 aromatic heterocycles. The second-order valence-corrected chi connectivity index (χ2v) is 15.3. The van der Waals surface area contributed by atoms with Gasteiger partial charge in [0, 0.05) is 19.3 Å². The predicted octanol–water partition coefficient (Wildman–Crippen LogP) is 14.8. The topological polar surface area (TPSA) is 78.9 Å². The van der Waals surface area contributed by atoms with Gasteiger partial charge in [-0.15, -0.1) is 0 Å². The van der Waals surface area contributed by atoms with E-state index in [4.69, 9.17) is 14.2 Å². The van der Waals surface area contributed by atoms with Gasteiger partial charge >= 0.3 is 17.9 Å². The van der Waals surface area contributed by atoms with Crippen LogP contribution in [0.25, 0.3) is 0 Å². The Balaban J connectivity index is 4.44. The summed E-state index contributed by atoms with van der Waals surface area (Å²) in [6, 6.07) is 0. The van der Waals surface area contributed by atoms with E-state index in [1.807, 2.05) is 12.2 Å². The molecule has 0 N–H and O–H groups in total. The molecule has 318 valence electrons. The fourth-order valence-electron chi connectivity index (χ4n) is 6.40. The summed E-state index contributed by atoms with van der Waals surface area (Å²) >= 11 is 0. The van der Waals surface area contributed by atoms with E-state index in [1.54, 1.807) is 0 Å². The lowest BCUT2D eigenvalue weighted by molar-refractivity contribution is -0.166. The van der Waals surface area contributed by atoms with Crippen molar-refractivity contribution in [1.29, 1.82) is 0 Å². The molecule has 0 saturated heterocycles. The minimum atomic E-state index is -0.804. The van der Waals surface area contributed by atoms with Crippen molar-refractivity contribution in [1.82, 2.24) is 0 Å². The zero-order chi connectivity index (χ0) is 40.1. The first kappa shape index (κ1) is 52.4. The fraction of sp³-hybridized carbons (Fsp3) is 0.776. The van der Waals surface area contributed by atoms with Crippen molar-refractivity contribution < 1.29 is 28.6 Å². The molecule has 0 rings (SSSR count). The number of hydrogen-bond acceptors (Lipinski definition) is 6. The fourth-order valence-corrected chi connectivity index (χ4v) is 6.40. The molecule has 0 bridgehead atoms. The predicted molar refractivity (Wildman–Crippen MR) is 233 cm³/mol. The molecule has 0 aromatic carbocycles. The first-order valence-electron chi connectivity index (χ1n) is 23.1. The van der Waals surface area contributed by atoms with Gasteiger partial charge in [-0.05, 0) is 44.9 Å². The molecule has 1 unspecified atom stereocenters. The average Bonchev–Trinajstić information content (AvgIpc) is 3.18. The van der Waals surface area contributed by atoms with Crippen LogP contribution in [0.5, 0.6) is 0 Å². The van der Waals surface area contributed by atoms with Crippen LogP contribution in [0.15, 0.2) is 48.6 Å². The van der Waals surface area contributed by atoms with Crippen LogP contribution in [0.2, 0.25) is 0 Å². The molecule has 55 heavy (non-hydrogen) atoms. The van der Waals surface area contributed by atoms with Crippen LogP contribution in [-0.2, 0) is 28.6 Å². The number of carbonyl (C=O) groups excluding carboxylic acids is 3. The number of ether oxygens (including phenoxy) is 3. The Morgan fingerprint density at radius 3 is 1.07 bits per heavy atom. The van der Waals surface area contributed by atoms with Crippen LogP contribution >= 0.6 is 0 Å². The van der Waals surface area contributed by atoms with Gasteiger partial charge in [0.1, 0.15) is 13.2 Å². The lowest BCUT2D eigenvalue weighted by Gasteiger charge is -2.18. The Labute approximate surface area is 339 Å². The summed E-state index contributed by atoms with van der Waals surface area (Å²) in [5.74, 6) is -0.980. The van der Waals surface area contributed by atoms with Gasteiger partial charge in [0.25, 0.3) is 0 Å². The summed E-state index contributed by atoms with van der Waals surface area (Å²) in [7, 11) is 0. The minimum absolute atomic E-state index is 0.0985. The van der Waals surface area contributed by atoms with Crippen LogP contribution in [-0.4, -0.2) is 37.2 Å². The Morgan fingerprint density at radius 2 is 0.709 bits per heavy atom. The van der Waals surface area contributed by atoms with Crippen molar-refractivity contribution >= 4 is 17.9 Å². The van der Waals surface area contributed by atoms with E-state index in [-0.39, 0.29) is 37.5 Å². The van der Waals surface area contributed by atoms with Gasteiger partial charge in [-0.2, -0.15) is 0 Å². The zero-order valence-corrected chi connectivity index (χ0v) is 36.2. The van der Waals surface area contributed by atoms with E-state index in [2.05, 4.69) is 57.2 Å². The van der Waals surface area contributed by atoms with Gasteiger partial charge in [0.2, 0.25) is 0 Å². The number of rotatable bonds is 41. The highest BCUT2D eigenvalue weighted by molar-refractivity contribution is 5.71. The van der Waals surface area contributed by atoms with E-state index in [1.165, 1.54) is 116 Å². The van der Waals surface area contributed by atoms with Crippen LogP contribution in [0.1, 0.15) is 226 Å². The molecule has 0 aliphatic heterocycles. The third-order valence-corrected chi connectivity index (χ3v) is 9.86. The molecule has 0 aliphatic carbocycles. The Morgan fingerprint density at radius 1 is 0.382 bits per heavy atom. The van der Waals surface area contributed by atoms with Crippen molar-refractivity contribution in [2.24, 2.45) is 0 Å². The molecule has 0 spiro atoms. The number of unbranched alkanes of at least 4 members (excludes halogenated alkanes) is 22. The smallest absolute Gasteiger partial charge is 0.306 e. The Kier molecular flexibility index (Phi) is 42.0. The second-order valence-electron chi connectivity index (χ2n) is 15.3. The summed E-state index contributed by atoms with van der Waals surface area (Å²) < 4.78 is 16.6. The molecular formula is C49H86O6. The summed E-state index contributed by atoms with van der Waals surface area (Å²) in [5.41, 5.74) is 0. The molecule has 1 atom stereocenters. The first-order chi connectivity index (χ1) is 27.0. The van der Waals surface area contributed by atoms with E-state index in [0.717, 1.165) is 64.2 Å². The van der Waals surface area contributed by atoms with Gasteiger partial charge < -0.3 is 14.2 Å². The van der Waals surface area contributed by atoms with Gasteiger partial charge in [0.15, 0.2) is 6.10 Å². The summed E-state index contributed by atoms with van der Waals surface area (Å²) in [5, 5.41) is 0. The minimum Gasteiger partial charge on any atom is -0.462 e. The van der Waals surface area contributed by atoms with Crippen molar-refractivity contribution in [3.8, 4) is 0 Å². The van der Waals surface area contributed by atoms with Crippen molar-refractivity contribution in [3.05, 3.63) is 48.6 Å². The first-order valence-corrected chi connectivity index (χ1v) is 23.1. The summed E-state index contributed by atoms with van der Waals surface area (Å²) in [6.45, 7) is 6.44. The van der Waals surface area contributed by atoms with Gasteiger partial charge in [-0.25, -0.2) is 0 Å². The molecule has 6 nitrogen and oxygen atoms in total. The molecular weight excluding hydrogens is 685 g/mol. The maximum atomic E-state index is 12.7. The Bertz CT molecular complexity index is 980. The highest BCUT2D eigenvalue weighted by atomic mass is 16.6. The third-order valence-electron chi connectivity index (χ3n) is 9.86. The standard InChI is InChI=1S/C49H86O6/c1-4-7-10-13-16-19-22-24-26-27-30-33-36-39-42-48(51)54-45-46(44-53-47(50)41-38-35-32-29-21-18-15-12-9-6-3)55-49(52)43-40-37-34-31-28-25-23-20-17-14-11-8-5-2/h8,11,17,20,25,28,34,37,46H,4-7,9-10,12-16,18-19,21-24,26-27,29-33,35-36,38-45H2,1-3H3/b11-8-,20-17-,28-25-,37-34-. The molecule has 0 amide bonds. The van der Waals surface area contributed by atoms with Gasteiger partial charge in [-0.3, -0.25) is 14.4 Å². The molecule has 0 radical (unpaired) electrons. The lowest BCUT2D eigenvalue weighted by Crippen LogP contribution is -2.30. The third kappa shape index (κ3) is 42.4. The highest BCUT2D eigenvalue weighted by Crippen LogP contribution is 2.15. The SMILES string of the molecule is CC/C=C\C/C=C\C/C=C\C/C=C\CCC(=O)OC(COC(=O)CCCCCCCCCCCC)COC(=O)CCCCCCCCCCCCCCCC. The number of esters is 3. The van der Waals surface area contributed by atoms with E-state index >= 15 is 0 Å². The normalized spacial score (nSPS) is 12.4. The zero-order valence-electron chi connectivity index (χ0n) is 36.2. The van der Waals surface area contributed by atoms with Crippen LogP contribution < -0.4 is 0 Å². The average molecular weight is 771 g/mol. The largest absolute Gasteiger partial charge is 0.462 e. The quantitative estimate of drug-likeness (QED) is 0.0267. The van der Waals surface area contributed by atoms with E-state index < -0.39 is 6.10 Å². The molecule has 6 heteroatoms. The lowest BCUT2D eigenvalue weighted by atomic mass is 10.0. The van der Waals surface area contributed by atoms with E-state index in [0.29, 0.717) is 19.3 Å².